The monoisotopic (exact) mass is 402 g/mol. The number of nitro groups is 1. The third-order valence-electron chi connectivity index (χ3n) is 4.59. The zero-order valence-corrected chi connectivity index (χ0v) is 15.8. The number of benzene rings is 2. The molecular weight excluding hydrogens is 384 g/mol. The third kappa shape index (κ3) is 4.48. The smallest absolute Gasteiger partial charge is 0.346 e. The van der Waals surface area contributed by atoms with Crippen molar-refractivity contribution in [3.05, 3.63) is 74.8 Å². The molecule has 1 amide bonds. The maximum Gasteiger partial charge on any atom is 0.346 e. The van der Waals surface area contributed by atoms with Crippen LogP contribution in [-0.2, 0) is 9.53 Å². The van der Waals surface area contributed by atoms with E-state index in [-0.39, 0.29) is 16.5 Å². The third-order valence-corrected chi connectivity index (χ3v) is 4.83. The lowest BCUT2D eigenvalue weighted by atomic mass is 10.1. The molecule has 0 saturated carbocycles. The van der Waals surface area contributed by atoms with Gasteiger partial charge in [-0.25, -0.2) is 4.79 Å². The summed E-state index contributed by atoms with van der Waals surface area (Å²) >= 11 is 5.90. The first-order chi connectivity index (χ1) is 13.5. The van der Waals surface area contributed by atoms with E-state index >= 15 is 0 Å². The lowest BCUT2D eigenvalue weighted by Crippen LogP contribution is -2.40. The van der Waals surface area contributed by atoms with Gasteiger partial charge in [0.05, 0.1) is 4.92 Å². The SMILES string of the molecule is O=C(O[C@@H](C(=O)N1CCCCC1)c1ccccc1)c1cc(Cl)ccc1[N+](=O)[O-]. The standard InChI is InChI=1S/C20H19ClN2O5/c21-15-9-10-17(23(26)27)16(13-15)20(25)28-18(14-7-3-1-4-8-14)19(24)22-11-5-2-6-12-22/h1,3-4,7-10,13,18H,2,5-6,11-12H2/t18-/m1/s1. The molecule has 1 heterocycles. The fourth-order valence-corrected chi connectivity index (χ4v) is 3.34. The number of rotatable bonds is 5. The first-order valence-electron chi connectivity index (χ1n) is 8.96. The quantitative estimate of drug-likeness (QED) is 0.425. The Bertz CT molecular complexity index is 881. The molecule has 0 spiro atoms. The molecule has 0 unspecified atom stereocenters. The Morgan fingerprint density at radius 3 is 2.39 bits per heavy atom. The highest BCUT2D eigenvalue weighted by Crippen LogP contribution is 2.28. The van der Waals surface area contributed by atoms with Gasteiger partial charge in [-0.05, 0) is 31.4 Å². The molecule has 3 rings (SSSR count). The van der Waals surface area contributed by atoms with Crippen molar-refractivity contribution in [2.75, 3.05) is 13.1 Å². The molecule has 0 aliphatic carbocycles. The molecule has 0 bridgehead atoms. The second kappa shape index (κ2) is 8.84. The molecule has 1 fully saturated rings. The van der Waals surface area contributed by atoms with Gasteiger partial charge in [-0.1, -0.05) is 41.9 Å². The van der Waals surface area contributed by atoms with Gasteiger partial charge in [-0.3, -0.25) is 14.9 Å². The van der Waals surface area contributed by atoms with Crippen molar-refractivity contribution < 1.29 is 19.2 Å². The van der Waals surface area contributed by atoms with Gasteiger partial charge in [0.15, 0.2) is 0 Å². The zero-order valence-electron chi connectivity index (χ0n) is 15.0. The van der Waals surface area contributed by atoms with Crippen LogP contribution in [0.4, 0.5) is 5.69 Å². The van der Waals surface area contributed by atoms with Gasteiger partial charge in [0.1, 0.15) is 5.56 Å². The Balaban J connectivity index is 1.91. The van der Waals surface area contributed by atoms with Crippen molar-refractivity contribution in [3.63, 3.8) is 0 Å². The minimum absolute atomic E-state index is 0.163. The van der Waals surface area contributed by atoms with Crippen LogP contribution in [0, 0.1) is 10.1 Å². The molecule has 1 aliphatic rings. The van der Waals surface area contributed by atoms with E-state index in [4.69, 9.17) is 16.3 Å². The lowest BCUT2D eigenvalue weighted by molar-refractivity contribution is -0.385. The van der Waals surface area contributed by atoms with Gasteiger partial charge in [0.25, 0.3) is 11.6 Å². The van der Waals surface area contributed by atoms with Crippen molar-refractivity contribution in [2.45, 2.75) is 25.4 Å². The first-order valence-corrected chi connectivity index (χ1v) is 9.34. The van der Waals surface area contributed by atoms with Crippen LogP contribution in [0.1, 0.15) is 41.3 Å². The molecule has 0 radical (unpaired) electrons. The second-order valence-corrected chi connectivity index (χ2v) is 6.94. The van der Waals surface area contributed by atoms with E-state index in [1.807, 2.05) is 0 Å². The van der Waals surface area contributed by atoms with Gasteiger partial charge in [-0.2, -0.15) is 0 Å². The van der Waals surface area contributed by atoms with Crippen LogP contribution in [0.15, 0.2) is 48.5 Å². The van der Waals surface area contributed by atoms with Crippen molar-refractivity contribution in [3.8, 4) is 0 Å². The number of likely N-dealkylation sites (tertiary alicyclic amines) is 1. The van der Waals surface area contributed by atoms with Crippen molar-refractivity contribution in [1.29, 1.82) is 0 Å². The normalized spacial score (nSPS) is 15.0. The topological polar surface area (TPSA) is 89.8 Å². The summed E-state index contributed by atoms with van der Waals surface area (Å²) in [6, 6.07) is 12.3. The number of amides is 1. The van der Waals surface area contributed by atoms with Crippen LogP contribution in [-0.4, -0.2) is 34.8 Å². The van der Waals surface area contributed by atoms with Crippen LogP contribution in [0.25, 0.3) is 0 Å². The number of esters is 1. The van der Waals surface area contributed by atoms with Crippen LogP contribution < -0.4 is 0 Å². The molecule has 1 aliphatic heterocycles. The summed E-state index contributed by atoms with van der Waals surface area (Å²) in [7, 11) is 0. The Morgan fingerprint density at radius 2 is 1.75 bits per heavy atom. The van der Waals surface area contributed by atoms with E-state index in [1.165, 1.54) is 12.1 Å². The van der Waals surface area contributed by atoms with Gasteiger partial charge in [0, 0.05) is 29.7 Å². The second-order valence-electron chi connectivity index (χ2n) is 6.50. The lowest BCUT2D eigenvalue weighted by Gasteiger charge is -2.30. The highest BCUT2D eigenvalue weighted by Gasteiger charge is 2.32. The van der Waals surface area contributed by atoms with Crippen molar-refractivity contribution >= 4 is 29.2 Å². The van der Waals surface area contributed by atoms with E-state index in [0.717, 1.165) is 25.3 Å². The molecule has 8 heteroatoms. The predicted molar refractivity (Wildman–Crippen MR) is 103 cm³/mol. The summed E-state index contributed by atoms with van der Waals surface area (Å²) in [5.74, 6) is -1.29. The largest absolute Gasteiger partial charge is 0.443 e. The Morgan fingerprint density at radius 1 is 1.07 bits per heavy atom. The summed E-state index contributed by atoms with van der Waals surface area (Å²) in [5, 5.41) is 11.4. The van der Waals surface area contributed by atoms with Gasteiger partial charge in [0.2, 0.25) is 6.10 Å². The highest BCUT2D eigenvalue weighted by atomic mass is 35.5. The van der Waals surface area contributed by atoms with Crippen LogP contribution in [0.2, 0.25) is 5.02 Å². The number of nitrogens with zero attached hydrogens (tertiary/aromatic N) is 2. The Labute approximate surface area is 167 Å². The molecule has 1 saturated heterocycles. The van der Waals surface area contributed by atoms with Crippen LogP contribution in [0.3, 0.4) is 0 Å². The van der Waals surface area contributed by atoms with Crippen LogP contribution in [0.5, 0.6) is 0 Å². The maximum atomic E-state index is 13.0. The summed E-state index contributed by atoms with van der Waals surface area (Å²) < 4.78 is 5.49. The zero-order chi connectivity index (χ0) is 20.1. The fraction of sp³-hybridized carbons (Fsp3) is 0.300. The number of piperidine rings is 1. The minimum atomic E-state index is -1.18. The number of carbonyl (C=O) groups is 2. The number of carbonyl (C=O) groups excluding carboxylic acids is 2. The van der Waals surface area contributed by atoms with Crippen molar-refractivity contribution in [2.24, 2.45) is 0 Å². The molecule has 0 aromatic heterocycles. The molecule has 146 valence electrons. The summed E-state index contributed by atoms with van der Waals surface area (Å²) in [5.41, 5.74) is -0.201. The van der Waals surface area contributed by atoms with Gasteiger partial charge in [-0.15, -0.1) is 0 Å². The van der Waals surface area contributed by atoms with Crippen LogP contribution >= 0.6 is 11.6 Å². The summed E-state index contributed by atoms with van der Waals surface area (Å²) in [4.78, 5) is 38.0. The minimum Gasteiger partial charge on any atom is -0.443 e. The summed E-state index contributed by atoms with van der Waals surface area (Å²) in [6.45, 7) is 1.19. The number of halogens is 1. The average Bonchev–Trinajstić information content (AvgIpc) is 2.72. The molecule has 2 aromatic carbocycles. The highest BCUT2D eigenvalue weighted by molar-refractivity contribution is 6.31. The number of ether oxygens (including phenoxy) is 1. The number of hydrogen-bond donors (Lipinski definition) is 0. The van der Waals surface area contributed by atoms with Crippen molar-refractivity contribution in [1.82, 2.24) is 4.90 Å². The predicted octanol–water partition coefficient (Wildman–Crippen LogP) is 4.16. The molecule has 0 N–H and O–H groups in total. The number of nitro benzene ring substituents is 1. The number of hydrogen-bond acceptors (Lipinski definition) is 5. The van der Waals surface area contributed by atoms with Gasteiger partial charge >= 0.3 is 5.97 Å². The first kappa shape index (κ1) is 19.8. The molecule has 2 aromatic rings. The molecule has 1 atom stereocenters. The van der Waals surface area contributed by atoms with Gasteiger partial charge < -0.3 is 9.64 Å². The molecule has 7 nitrogen and oxygen atoms in total. The van der Waals surface area contributed by atoms with E-state index in [2.05, 4.69) is 0 Å². The Hall–Kier alpha value is -2.93. The van der Waals surface area contributed by atoms with E-state index in [0.29, 0.717) is 18.7 Å². The van der Waals surface area contributed by atoms with E-state index in [1.54, 1.807) is 35.2 Å². The van der Waals surface area contributed by atoms with E-state index < -0.39 is 22.7 Å². The maximum absolute atomic E-state index is 13.0. The Kier molecular flexibility index (Phi) is 6.26. The molecular formula is C20H19ClN2O5. The average molecular weight is 403 g/mol. The van der Waals surface area contributed by atoms with E-state index in [9.17, 15) is 19.7 Å². The molecule has 28 heavy (non-hydrogen) atoms. The summed E-state index contributed by atoms with van der Waals surface area (Å²) in [6.07, 6.45) is 1.65. The fourth-order valence-electron chi connectivity index (χ4n) is 3.17.